The van der Waals surface area contributed by atoms with E-state index in [-0.39, 0.29) is 42.5 Å². The molecule has 1 aliphatic heterocycles. The van der Waals surface area contributed by atoms with Crippen molar-refractivity contribution < 1.29 is 24.9 Å². The second-order valence-electron chi connectivity index (χ2n) is 12.9. The van der Waals surface area contributed by atoms with E-state index in [2.05, 4.69) is 17.4 Å². The van der Waals surface area contributed by atoms with Crippen molar-refractivity contribution in [1.29, 1.82) is 0 Å². The SMILES string of the molecule is O=C(N[C@H]1c2ccccc2C[C@H]1O)[C@H](Cc1ccccc1)C[C@H](O)CN1C(=O)[C@@H](Cc2cccc(O)c2)C[C@@H]1Cc1ccccc1. The highest BCUT2D eigenvalue weighted by molar-refractivity contribution is 5.82. The van der Waals surface area contributed by atoms with Crippen LogP contribution < -0.4 is 5.32 Å². The Bertz CT molecular complexity index is 1630. The number of nitrogens with one attached hydrogen (secondary N) is 1. The van der Waals surface area contributed by atoms with E-state index in [1.54, 1.807) is 23.1 Å². The maximum Gasteiger partial charge on any atom is 0.226 e. The van der Waals surface area contributed by atoms with Gasteiger partial charge in [-0.15, -0.1) is 0 Å². The van der Waals surface area contributed by atoms with Crippen LogP contribution in [0.5, 0.6) is 5.75 Å². The van der Waals surface area contributed by atoms with Crippen LogP contribution in [-0.4, -0.2) is 56.8 Å². The van der Waals surface area contributed by atoms with Crippen molar-refractivity contribution in [2.24, 2.45) is 11.8 Å². The first-order valence-electron chi connectivity index (χ1n) is 16.2. The topological polar surface area (TPSA) is 110 Å². The summed E-state index contributed by atoms with van der Waals surface area (Å²) in [4.78, 5) is 29.5. The maximum absolute atomic E-state index is 13.9. The predicted octanol–water partition coefficient (Wildman–Crippen LogP) is 4.78. The van der Waals surface area contributed by atoms with E-state index < -0.39 is 24.2 Å². The van der Waals surface area contributed by atoms with Crippen LogP contribution in [-0.2, 0) is 35.3 Å². The Balaban J connectivity index is 1.19. The fourth-order valence-electron chi connectivity index (χ4n) is 7.26. The first kappa shape index (κ1) is 31.5. The third kappa shape index (κ3) is 7.49. The van der Waals surface area contributed by atoms with Crippen molar-refractivity contribution in [3.05, 3.63) is 137 Å². The molecule has 0 unspecified atom stereocenters. The molecule has 0 spiro atoms. The molecule has 6 rings (SSSR count). The van der Waals surface area contributed by atoms with Crippen molar-refractivity contribution in [2.45, 2.75) is 62.8 Å². The molecule has 7 heteroatoms. The lowest BCUT2D eigenvalue weighted by molar-refractivity contribution is -0.133. The number of hydrogen-bond donors (Lipinski definition) is 4. The third-order valence-electron chi connectivity index (χ3n) is 9.50. The molecular weight excluding hydrogens is 576 g/mol. The van der Waals surface area contributed by atoms with Gasteiger partial charge in [0.25, 0.3) is 0 Å². The fraction of sp³-hybridized carbons (Fsp3) is 0.333. The number of β-amino-alcohol motifs (C(OH)–C–C–N with tert-alkyl or cyclic N) is 1. The van der Waals surface area contributed by atoms with Gasteiger partial charge in [-0.1, -0.05) is 97.1 Å². The van der Waals surface area contributed by atoms with Gasteiger partial charge >= 0.3 is 0 Å². The maximum atomic E-state index is 13.9. The number of phenolic OH excluding ortho intramolecular Hbond substituents is 1. The van der Waals surface area contributed by atoms with E-state index >= 15 is 0 Å². The summed E-state index contributed by atoms with van der Waals surface area (Å²) in [6.45, 7) is 0.125. The zero-order chi connectivity index (χ0) is 32.0. The normalized spacial score (nSPS) is 22.0. The molecule has 238 valence electrons. The summed E-state index contributed by atoms with van der Waals surface area (Å²) >= 11 is 0. The molecule has 46 heavy (non-hydrogen) atoms. The molecule has 1 aliphatic carbocycles. The number of phenols is 1. The second kappa shape index (κ2) is 14.3. The average Bonchev–Trinajstić information content (AvgIpc) is 3.52. The Labute approximate surface area is 270 Å². The number of aliphatic hydroxyl groups is 2. The van der Waals surface area contributed by atoms with Crippen LogP contribution in [0, 0.1) is 11.8 Å². The zero-order valence-corrected chi connectivity index (χ0v) is 25.9. The fourth-order valence-corrected chi connectivity index (χ4v) is 7.26. The molecular formula is C39H42N2O5. The van der Waals surface area contributed by atoms with Crippen LogP contribution in [0.3, 0.4) is 0 Å². The molecule has 7 nitrogen and oxygen atoms in total. The largest absolute Gasteiger partial charge is 0.508 e. The summed E-state index contributed by atoms with van der Waals surface area (Å²) in [5.74, 6) is -0.898. The number of benzene rings is 4. The minimum absolute atomic E-state index is 0.0157. The number of aromatic hydroxyl groups is 1. The lowest BCUT2D eigenvalue weighted by Crippen LogP contribution is -2.43. The van der Waals surface area contributed by atoms with Crippen LogP contribution in [0.2, 0.25) is 0 Å². The minimum atomic E-state index is -0.929. The Hall–Kier alpha value is -4.46. The van der Waals surface area contributed by atoms with E-state index in [0.29, 0.717) is 32.1 Å². The molecule has 2 aliphatic rings. The van der Waals surface area contributed by atoms with E-state index in [1.807, 2.05) is 78.9 Å². The highest BCUT2D eigenvalue weighted by Gasteiger charge is 2.41. The van der Waals surface area contributed by atoms with Gasteiger partial charge in [-0.25, -0.2) is 0 Å². The molecule has 4 N–H and O–H groups in total. The molecule has 0 aromatic heterocycles. The van der Waals surface area contributed by atoms with Crippen LogP contribution in [0.4, 0.5) is 0 Å². The summed E-state index contributed by atoms with van der Waals surface area (Å²) in [5.41, 5.74) is 4.94. The van der Waals surface area contributed by atoms with Gasteiger partial charge < -0.3 is 25.5 Å². The standard InChI is InChI=1S/C39H42N2O5/c42-33-16-9-14-28(21-33)19-31-22-32(20-27-12-5-2-6-13-27)41(39(31)46)25-34(43)23-30(18-26-10-3-1-4-11-26)38(45)40-37-35-17-8-7-15-29(35)24-36(37)44/h1-17,21,30-32,34,36-37,42-44H,18-20,22-25H2,(H,40,45)/t30-,31+,32+,34+,36-,37+/m1/s1. The number of likely N-dealkylation sites (tertiary alicyclic amines) is 1. The second-order valence-corrected chi connectivity index (χ2v) is 12.9. The Morgan fingerprint density at radius 3 is 2.26 bits per heavy atom. The van der Waals surface area contributed by atoms with Crippen molar-refractivity contribution in [2.75, 3.05) is 6.54 Å². The molecule has 1 saturated heterocycles. The van der Waals surface area contributed by atoms with Crippen molar-refractivity contribution in [3.63, 3.8) is 0 Å². The van der Waals surface area contributed by atoms with Crippen LogP contribution >= 0.6 is 0 Å². The number of carbonyl (C=O) groups is 2. The number of carbonyl (C=O) groups excluding carboxylic acids is 2. The smallest absolute Gasteiger partial charge is 0.226 e. The van der Waals surface area contributed by atoms with Crippen LogP contribution in [0.1, 0.15) is 46.7 Å². The van der Waals surface area contributed by atoms with Gasteiger partial charge in [-0.2, -0.15) is 0 Å². The highest BCUT2D eigenvalue weighted by atomic mass is 16.3. The first-order valence-corrected chi connectivity index (χ1v) is 16.2. The summed E-state index contributed by atoms with van der Waals surface area (Å²) in [6.07, 6.45) is 1.26. The molecule has 4 aromatic rings. The van der Waals surface area contributed by atoms with Gasteiger partial charge in [0.2, 0.25) is 11.8 Å². The Morgan fingerprint density at radius 1 is 0.848 bits per heavy atom. The number of nitrogens with zero attached hydrogens (tertiary/aromatic N) is 1. The number of fused-ring (bicyclic) bond motifs is 1. The van der Waals surface area contributed by atoms with Gasteiger partial charge in [0.05, 0.1) is 18.2 Å². The minimum Gasteiger partial charge on any atom is -0.508 e. The van der Waals surface area contributed by atoms with Crippen molar-refractivity contribution >= 4 is 11.8 Å². The van der Waals surface area contributed by atoms with Crippen molar-refractivity contribution in [3.8, 4) is 5.75 Å². The molecule has 2 amide bonds. The lowest BCUT2D eigenvalue weighted by atomic mass is 9.91. The number of aliphatic hydroxyl groups excluding tert-OH is 2. The predicted molar refractivity (Wildman–Crippen MR) is 177 cm³/mol. The number of hydrogen-bond acceptors (Lipinski definition) is 5. The van der Waals surface area contributed by atoms with E-state index in [0.717, 1.165) is 27.8 Å². The molecule has 6 atom stereocenters. The Morgan fingerprint density at radius 2 is 1.52 bits per heavy atom. The average molecular weight is 619 g/mol. The molecule has 0 saturated carbocycles. The zero-order valence-electron chi connectivity index (χ0n) is 25.9. The summed E-state index contributed by atoms with van der Waals surface area (Å²) < 4.78 is 0. The molecule has 0 radical (unpaired) electrons. The monoisotopic (exact) mass is 618 g/mol. The number of rotatable bonds is 12. The lowest BCUT2D eigenvalue weighted by Gasteiger charge is -2.29. The number of amides is 2. The summed E-state index contributed by atoms with van der Waals surface area (Å²) in [6, 6.07) is 34.0. The van der Waals surface area contributed by atoms with Gasteiger partial charge in [0, 0.05) is 30.8 Å². The highest BCUT2D eigenvalue weighted by Crippen LogP contribution is 2.33. The molecule has 1 heterocycles. The third-order valence-corrected chi connectivity index (χ3v) is 9.50. The van der Waals surface area contributed by atoms with E-state index in [1.165, 1.54) is 0 Å². The van der Waals surface area contributed by atoms with Gasteiger partial charge in [0.1, 0.15) is 5.75 Å². The molecule has 4 aromatic carbocycles. The van der Waals surface area contributed by atoms with Gasteiger partial charge in [-0.05, 0) is 72.1 Å². The molecule has 0 bridgehead atoms. The van der Waals surface area contributed by atoms with E-state index in [4.69, 9.17) is 0 Å². The molecule has 1 fully saturated rings. The van der Waals surface area contributed by atoms with Gasteiger partial charge in [0.15, 0.2) is 0 Å². The quantitative estimate of drug-likeness (QED) is 0.183. The van der Waals surface area contributed by atoms with Crippen LogP contribution in [0.25, 0.3) is 0 Å². The van der Waals surface area contributed by atoms with Gasteiger partial charge in [-0.3, -0.25) is 9.59 Å². The van der Waals surface area contributed by atoms with Crippen LogP contribution in [0.15, 0.2) is 109 Å². The summed E-state index contributed by atoms with van der Waals surface area (Å²) in [5, 5.41) is 35.4. The Kier molecular flexibility index (Phi) is 9.81. The van der Waals surface area contributed by atoms with E-state index in [9.17, 15) is 24.9 Å². The first-order chi connectivity index (χ1) is 22.3. The summed E-state index contributed by atoms with van der Waals surface area (Å²) in [7, 11) is 0. The van der Waals surface area contributed by atoms with Crippen molar-refractivity contribution in [1.82, 2.24) is 10.2 Å².